The molecule has 0 fully saturated rings. The molecular weight excluding hydrogens is 270 g/mol. The maximum Gasteiger partial charge on any atom is 0.313 e. The summed E-state index contributed by atoms with van der Waals surface area (Å²) in [4.78, 5) is 22.0. The van der Waals surface area contributed by atoms with E-state index in [1.165, 1.54) is 0 Å². The Morgan fingerprint density at radius 3 is 2.84 bits per heavy atom. The summed E-state index contributed by atoms with van der Waals surface area (Å²) >= 11 is 1.04. The topological polar surface area (TPSA) is 84.9 Å². The van der Waals surface area contributed by atoms with Crippen LogP contribution in [-0.4, -0.2) is 41.7 Å². The van der Waals surface area contributed by atoms with Crippen LogP contribution in [0.1, 0.15) is 0 Å². The predicted molar refractivity (Wildman–Crippen MR) is 71.0 cm³/mol. The van der Waals surface area contributed by atoms with Gasteiger partial charge in [-0.2, -0.15) is 0 Å². The van der Waals surface area contributed by atoms with Crippen molar-refractivity contribution in [2.75, 3.05) is 30.0 Å². The van der Waals surface area contributed by atoms with E-state index in [0.717, 1.165) is 11.8 Å². The average Bonchev–Trinajstić information content (AvgIpc) is 2.39. The molecule has 6 nitrogen and oxygen atoms in total. The van der Waals surface area contributed by atoms with Crippen LogP contribution < -0.4 is 14.8 Å². The van der Waals surface area contributed by atoms with E-state index >= 15 is 0 Å². The van der Waals surface area contributed by atoms with E-state index in [1.807, 2.05) is 0 Å². The molecule has 1 aliphatic heterocycles. The fourth-order valence-electron chi connectivity index (χ4n) is 1.59. The zero-order valence-corrected chi connectivity index (χ0v) is 10.9. The Kier molecular flexibility index (Phi) is 4.51. The molecule has 102 valence electrons. The highest BCUT2D eigenvalue weighted by atomic mass is 32.2. The van der Waals surface area contributed by atoms with Crippen LogP contribution in [0.4, 0.5) is 5.69 Å². The zero-order chi connectivity index (χ0) is 13.7. The van der Waals surface area contributed by atoms with E-state index in [4.69, 9.17) is 14.6 Å². The molecule has 0 saturated carbocycles. The number of anilines is 1. The van der Waals surface area contributed by atoms with E-state index in [9.17, 15) is 9.59 Å². The number of hydrogen-bond acceptors (Lipinski definition) is 5. The molecule has 0 spiro atoms. The van der Waals surface area contributed by atoms with Gasteiger partial charge in [-0.1, -0.05) is 6.07 Å². The monoisotopic (exact) mass is 283 g/mol. The van der Waals surface area contributed by atoms with Gasteiger partial charge in [0.2, 0.25) is 5.91 Å². The van der Waals surface area contributed by atoms with E-state index < -0.39 is 5.97 Å². The number of carbonyl (C=O) groups is 2. The van der Waals surface area contributed by atoms with Crippen molar-refractivity contribution in [1.82, 2.24) is 0 Å². The molecule has 19 heavy (non-hydrogen) atoms. The minimum Gasteiger partial charge on any atom is -0.486 e. The highest BCUT2D eigenvalue weighted by Crippen LogP contribution is 2.37. The summed E-state index contributed by atoms with van der Waals surface area (Å²) in [5.74, 6) is -0.107. The molecule has 0 saturated heterocycles. The lowest BCUT2D eigenvalue weighted by Crippen LogP contribution is -2.19. The van der Waals surface area contributed by atoms with Crippen LogP contribution in [0.25, 0.3) is 0 Å². The number of hydrogen-bond donors (Lipinski definition) is 2. The second-order valence-corrected chi connectivity index (χ2v) is 4.75. The van der Waals surface area contributed by atoms with Crippen molar-refractivity contribution in [2.24, 2.45) is 0 Å². The highest BCUT2D eigenvalue weighted by molar-refractivity contribution is 8.00. The van der Waals surface area contributed by atoms with Gasteiger partial charge in [0.25, 0.3) is 0 Å². The molecule has 0 aromatic heterocycles. The Labute approximate surface area is 114 Å². The molecule has 0 aliphatic carbocycles. The molecule has 2 N–H and O–H groups in total. The molecule has 0 bridgehead atoms. The van der Waals surface area contributed by atoms with E-state index in [0.29, 0.717) is 30.4 Å². The molecule has 1 amide bonds. The lowest BCUT2D eigenvalue weighted by molar-refractivity contribution is -0.133. The zero-order valence-electron chi connectivity index (χ0n) is 10.0. The largest absolute Gasteiger partial charge is 0.486 e. The van der Waals surface area contributed by atoms with Gasteiger partial charge >= 0.3 is 5.97 Å². The van der Waals surface area contributed by atoms with Crippen molar-refractivity contribution in [3.05, 3.63) is 18.2 Å². The molecule has 0 radical (unpaired) electrons. The quantitative estimate of drug-likeness (QED) is 0.845. The number of benzene rings is 1. The first-order valence-electron chi connectivity index (χ1n) is 5.65. The number of fused-ring (bicyclic) bond motifs is 1. The summed E-state index contributed by atoms with van der Waals surface area (Å²) in [7, 11) is 0. The van der Waals surface area contributed by atoms with Gasteiger partial charge in [0, 0.05) is 0 Å². The summed E-state index contributed by atoms with van der Waals surface area (Å²) in [6.07, 6.45) is 0. The number of carboxylic acids is 1. The molecule has 1 aromatic carbocycles. The number of amides is 1. The van der Waals surface area contributed by atoms with Gasteiger partial charge in [0.1, 0.15) is 13.2 Å². The third-order valence-electron chi connectivity index (χ3n) is 2.30. The maximum atomic E-state index is 11.7. The molecule has 1 aliphatic rings. The molecule has 1 aromatic rings. The summed E-state index contributed by atoms with van der Waals surface area (Å²) in [6, 6.07) is 5.24. The summed E-state index contributed by atoms with van der Waals surface area (Å²) in [5, 5.41) is 11.2. The van der Waals surface area contributed by atoms with Gasteiger partial charge in [0.05, 0.1) is 17.2 Å². The van der Waals surface area contributed by atoms with E-state index in [2.05, 4.69) is 5.32 Å². The number of aliphatic carboxylic acids is 1. The highest BCUT2D eigenvalue weighted by Gasteiger charge is 2.17. The molecule has 0 unspecified atom stereocenters. The summed E-state index contributed by atoms with van der Waals surface area (Å²) in [5.41, 5.74) is 0.540. The number of para-hydroxylation sites is 1. The third kappa shape index (κ3) is 3.78. The molecule has 1 heterocycles. The Balaban J connectivity index is 1.95. The second-order valence-electron chi connectivity index (χ2n) is 3.76. The summed E-state index contributed by atoms with van der Waals surface area (Å²) < 4.78 is 10.9. The standard InChI is InChI=1S/C12H13NO5S/c14-10(6-19-7-11(15)16)13-8-2-1-3-9-12(8)18-5-4-17-9/h1-3H,4-7H2,(H,13,14)(H,15,16). The average molecular weight is 283 g/mol. The van der Waals surface area contributed by atoms with Gasteiger partial charge < -0.3 is 19.9 Å². The molecule has 2 rings (SSSR count). The predicted octanol–water partition coefficient (Wildman–Crippen LogP) is 1.21. The number of rotatable bonds is 5. The first-order valence-corrected chi connectivity index (χ1v) is 6.80. The van der Waals surface area contributed by atoms with Crippen molar-refractivity contribution in [1.29, 1.82) is 0 Å². The Morgan fingerprint density at radius 2 is 2.05 bits per heavy atom. The van der Waals surface area contributed by atoms with Crippen molar-refractivity contribution in [2.45, 2.75) is 0 Å². The smallest absolute Gasteiger partial charge is 0.313 e. The van der Waals surface area contributed by atoms with Crippen LogP contribution in [0.2, 0.25) is 0 Å². The van der Waals surface area contributed by atoms with Crippen molar-refractivity contribution < 1.29 is 24.2 Å². The second kappa shape index (κ2) is 6.33. The van der Waals surface area contributed by atoms with Crippen LogP contribution in [0.5, 0.6) is 11.5 Å². The van der Waals surface area contributed by atoms with E-state index in [-0.39, 0.29) is 17.4 Å². The van der Waals surface area contributed by atoms with Crippen molar-refractivity contribution in [3.63, 3.8) is 0 Å². The third-order valence-corrected chi connectivity index (χ3v) is 3.22. The van der Waals surface area contributed by atoms with Crippen LogP contribution in [0.15, 0.2) is 18.2 Å². The van der Waals surface area contributed by atoms with E-state index in [1.54, 1.807) is 18.2 Å². The van der Waals surface area contributed by atoms with Crippen molar-refractivity contribution in [3.8, 4) is 11.5 Å². The van der Waals surface area contributed by atoms with Gasteiger partial charge in [-0.3, -0.25) is 9.59 Å². The lowest BCUT2D eigenvalue weighted by atomic mass is 10.2. The first kappa shape index (κ1) is 13.5. The fraction of sp³-hybridized carbons (Fsp3) is 0.333. The van der Waals surface area contributed by atoms with Crippen LogP contribution in [0.3, 0.4) is 0 Å². The SMILES string of the molecule is O=C(O)CSCC(=O)Nc1cccc2c1OCCO2. The van der Waals surface area contributed by atoms with Crippen LogP contribution in [-0.2, 0) is 9.59 Å². The van der Waals surface area contributed by atoms with Gasteiger partial charge in [0.15, 0.2) is 11.5 Å². The number of ether oxygens (including phenoxy) is 2. The van der Waals surface area contributed by atoms with Crippen LogP contribution >= 0.6 is 11.8 Å². The fourth-order valence-corrected chi connectivity index (χ4v) is 2.12. The van der Waals surface area contributed by atoms with Gasteiger partial charge in [-0.25, -0.2) is 0 Å². The number of carboxylic acid groups (broad SMARTS) is 1. The van der Waals surface area contributed by atoms with Gasteiger partial charge in [-0.15, -0.1) is 11.8 Å². The number of carbonyl (C=O) groups excluding carboxylic acids is 1. The first-order chi connectivity index (χ1) is 9.16. The Hall–Kier alpha value is -1.89. The number of thioether (sulfide) groups is 1. The van der Waals surface area contributed by atoms with Gasteiger partial charge in [-0.05, 0) is 12.1 Å². The Bertz CT molecular complexity index is 491. The minimum absolute atomic E-state index is 0.0802. The summed E-state index contributed by atoms with van der Waals surface area (Å²) in [6.45, 7) is 0.923. The Morgan fingerprint density at radius 1 is 1.26 bits per heavy atom. The normalized spacial score (nSPS) is 12.8. The minimum atomic E-state index is -0.938. The van der Waals surface area contributed by atoms with Crippen molar-refractivity contribution >= 4 is 29.3 Å². The lowest BCUT2D eigenvalue weighted by Gasteiger charge is -2.20. The molecule has 7 heteroatoms. The number of nitrogens with one attached hydrogen (secondary N) is 1. The molecular formula is C12H13NO5S. The van der Waals surface area contributed by atoms with Crippen LogP contribution in [0, 0.1) is 0 Å². The maximum absolute atomic E-state index is 11.7. The molecule has 0 atom stereocenters.